The van der Waals surface area contributed by atoms with Gasteiger partial charge in [-0.05, 0) is 42.9 Å². The summed E-state index contributed by atoms with van der Waals surface area (Å²) in [7, 11) is 0. The van der Waals surface area contributed by atoms with E-state index in [1.54, 1.807) is 11.8 Å². The third-order valence-corrected chi connectivity index (χ3v) is 5.91. The van der Waals surface area contributed by atoms with Crippen LogP contribution in [-0.2, 0) is 5.75 Å². The van der Waals surface area contributed by atoms with Crippen molar-refractivity contribution in [2.45, 2.75) is 29.1 Å². The normalized spacial score (nSPS) is 11.2. The highest BCUT2D eigenvalue weighted by Gasteiger charge is 2.08. The largest absolute Gasteiger partial charge is 0.333 e. The van der Waals surface area contributed by atoms with Crippen LogP contribution in [0.15, 0.2) is 46.6 Å². The van der Waals surface area contributed by atoms with Crippen molar-refractivity contribution >= 4 is 46.2 Å². The van der Waals surface area contributed by atoms with Gasteiger partial charge >= 0.3 is 0 Å². The maximum absolute atomic E-state index is 5.75. The molecule has 2 aromatic heterocycles. The number of hydrogen-bond donors (Lipinski definition) is 1. The van der Waals surface area contributed by atoms with Crippen molar-refractivity contribution in [3.63, 3.8) is 0 Å². The number of hydrogen-bond acceptors (Lipinski definition) is 4. The SMILES string of the molecule is Cc1c(SCCCCl)ccnc1CSc1nc2ccccc2[nH]1. The molecule has 0 aliphatic rings. The van der Waals surface area contributed by atoms with Gasteiger partial charge in [0.05, 0.1) is 16.7 Å². The standard InChI is InChI=1S/C17H18ClN3S2/c1-12-15(19-9-7-16(12)22-10-4-8-18)11-23-17-20-13-5-2-3-6-14(13)21-17/h2-3,5-7,9H,4,8,10-11H2,1H3,(H,20,21). The van der Waals surface area contributed by atoms with Gasteiger partial charge in [-0.3, -0.25) is 4.98 Å². The molecular weight excluding hydrogens is 346 g/mol. The van der Waals surface area contributed by atoms with Crippen molar-refractivity contribution < 1.29 is 0 Å². The number of thioether (sulfide) groups is 2. The fourth-order valence-corrected chi connectivity index (χ4v) is 4.43. The van der Waals surface area contributed by atoms with Gasteiger partial charge in [0.25, 0.3) is 0 Å². The topological polar surface area (TPSA) is 41.6 Å². The van der Waals surface area contributed by atoms with Crippen LogP contribution in [0, 0.1) is 6.92 Å². The van der Waals surface area contributed by atoms with Gasteiger partial charge in [0, 0.05) is 22.7 Å². The molecule has 0 unspecified atom stereocenters. The molecule has 0 amide bonds. The Balaban J connectivity index is 1.68. The minimum Gasteiger partial charge on any atom is -0.333 e. The van der Waals surface area contributed by atoms with Crippen LogP contribution in [0.1, 0.15) is 17.7 Å². The van der Waals surface area contributed by atoms with Crippen LogP contribution in [0.2, 0.25) is 0 Å². The number of alkyl halides is 1. The van der Waals surface area contributed by atoms with Gasteiger partial charge in [-0.2, -0.15) is 0 Å². The van der Waals surface area contributed by atoms with Gasteiger partial charge < -0.3 is 4.98 Å². The van der Waals surface area contributed by atoms with Crippen LogP contribution in [0.3, 0.4) is 0 Å². The van der Waals surface area contributed by atoms with Gasteiger partial charge in [0.1, 0.15) is 0 Å². The lowest BCUT2D eigenvalue weighted by Gasteiger charge is -2.09. The van der Waals surface area contributed by atoms with Crippen molar-refractivity contribution in [2.24, 2.45) is 0 Å². The van der Waals surface area contributed by atoms with E-state index in [2.05, 4.69) is 27.9 Å². The molecular formula is C17H18ClN3S2. The van der Waals surface area contributed by atoms with Crippen LogP contribution < -0.4 is 0 Å². The van der Waals surface area contributed by atoms with Crippen LogP contribution in [0.25, 0.3) is 11.0 Å². The molecule has 1 aromatic carbocycles. The van der Waals surface area contributed by atoms with Gasteiger partial charge in [-0.1, -0.05) is 23.9 Å². The van der Waals surface area contributed by atoms with Gasteiger partial charge in [-0.25, -0.2) is 4.98 Å². The molecule has 2 heterocycles. The Kier molecular flexibility index (Phi) is 5.86. The van der Waals surface area contributed by atoms with E-state index in [1.807, 2.05) is 42.2 Å². The van der Waals surface area contributed by atoms with E-state index in [4.69, 9.17) is 11.6 Å². The van der Waals surface area contributed by atoms with Crippen molar-refractivity contribution in [2.75, 3.05) is 11.6 Å². The second-order valence-electron chi connectivity index (χ2n) is 5.12. The molecule has 0 fully saturated rings. The lowest BCUT2D eigenvalue weighted by Crippen LogP contribution is -1.95. The molecule has 0 spiro atoms. The summed E-state index contributed by atoms with van der Waals surface area (Å²) in [6.45, 7) is 2.14. The van der Waals surface area contributed by atoms with Crippen molar-refractivity contribution in [1.29, 1.82) is 0 Å². The van der Waals surface area contributed by atoms with E-state index in [-0.39, 0.29) is 0 Å². The molecule has 6 heteroatoms. The van der Waals surface area contributed by atoms with Crippen LogP contribution in [0.5, 0.6) is 0 Å². The number of fused-ring (bicyclic) bond motifs is 1. The summed E-state index contributed by atoms with van der Waals surface area (Å²) in [5, 5.41) is 0.938. The minimum atomic E-state index is 0.714. The average molecular weight is 364 g/mol. The Morgan fingerprint density at radius 3 is 2.87 bits per heavy atom. The summed E-state index contributed by atoms with van der Waals surface area (Å²) in [4.78, 5) is 13.8. The van der Waals surface area contributed by atoms with E-state index >= 15 is 0 Å². The third kappa shape index (κ3) is 4.22. The zero-order valence-electron chi connectivity index (χ0n) is 12.9. The molecule has 0 aliphatic carbocycles. The molecule has 0 radical (unpaired) electrons. The number of nitrogens with zero attached hydrogens (tertiary/aromatic N) is 2. The fourth-order valence-electron chi connectivity index (χ4n) is 2.23. The first kappa shape index (κ1) is 16.7. The van der Waals surface area contributed by atoms with E-state index in [0.29, 0.717) is 5.88 Å². The highest BCUT2D eigenvalue weighted by molar-refractivity contribution is 7.99. The molecule has 0 saturated carbocycles. The maximum Gasteiger partial charge on any atom is 0.166 e. The molecule has 0 saturated heterocycles. The molecule has 0 aliphatic heterocycles. The molecule has 23 heavy (non-hydrogen) atoms. The van der Waals surface area contributed by atoms with E-state index in [0.717, 1.165) is 39.8 Å². The van der Waals surface area contributed by atoms with Crippen LogP contribution in [0.4, 0.5) is 0 Å². The smallest absolute Gasteiger partial charge is 0.166 e. The number of nitrogens with one attached hydrogen (secondary N) is 1. The Labute approximate surface area is 149 Å². The number of pyridine rings is 1. The van der Waals surface area contributed by atoms with Crippen LogP contribution >= 0.6 is 35.1 Å². The Bertz CT molecular complexity index is 755. The number of aromatic amines is 1. The zero-order valence-corrected chi connectivity index (χ0v) is 15.3. The zero-order chi connectivity index (χ0) is 16.1. The molecule has 3 nitrogen and oxygen atoms in total. The summed E-state index contributed by atoms with van der Waals surface area (Å²) in [5.41, 5.74) is 4.46. The molecule has 0 atom stereocenters. The quantitative estimate of drug-likeness (QED) is 0.352. The van der Waals surface area contributed by atoms with E-state index in [9.17, 15) is 0 Å². The van der Waals surface area contributed by atoms with Gasteiger partial charge in [-0.15, -0.1) is 23.4 Å². The summed E-state index contributed by atoms with van der Waals surface area (Å²) in [6, 6.07) is 10.2. The first-order valence-corrected chi connectivity index (χ1v) is 9.99. The fraction of sp³-hybridized carbons (Fsp3) is 0.294. The molecule has 0 bridgehead atoms. The Hall–Kier alpha value is -1.17. The monoisotopic (exact) mass is 363 g/mol. The Morgan fingerprint density at radius 2 is 2.04 bits per heavy atom. The van der Waals surface area contributed by atoms with Gasteiger partial charge in [0.2, 0.25) is 0 Å². The molecule has 3 aromatic rings. The number of halogens is 1. The lowest BCUT2D eigenvalue weighted by molar-refractivity contribution is 1.05. The van der Waals surface area contributed by atoms with Crippen LogP contribution in [-0.4, -0.2) is 26.6 Å². The lowest BCUT2D eigenvalue weighted by atomic mass is 10.2. The van der Waals surface area contributed by atoms with Crippen molar-refractivity contribution in [1.82, 2.24) is 15.0 Å². The average Bonchev–Trinajstić information content (AvgIpc) is 2.98. The maximum atomic E-state index is 5.75. The first-order chi connectivity index (χ1) is 11.3. The number of H-pyrrole nitrogens is 1. The summed E-state index contributed by atoms with van der Waals surface area (Å²) >= 11 is 9.30. The van der Waals surface area contributed by atoms with E-state index < -0.39 is 0 Å². The number of imidazole rings is 1. The van der Waals surface area contributed by atoms with E-state index in [1.165, 1.54) is 10.5 Å². The highest BCUT2D eigenvalue weighted by Crippen LogP contribution is 2.28. The predicted octanol–water partition coefficient (Wildman–Crippen LogP) is 5.28. The number of aromatic nitrogens is 3. The van der Waals surface area contributed by atoms with Gasteiger partial charge in [0.15, 0.2) is 5.16 Å². The second-order valence-corrected chi connectivity index (χ2v) is 7.60. The molecule has 120 valence electrons. The van der Waals surface area contributed by atoms with Crippen molar-refractivity contribution in [3.05, 3.63) is 47.8 Å². The number of para-hydroxylation sites is 2. The molecule has 1 N–H and O–H groups in total. The summed E-state index contributed by atoms with van der Waals surface area (Å²) in [5.74, 6) is 2.58. The van der Waals surface area contributed by atoms with Crippen molar-refractivity contribution in [3.8, 4) is 0 Å². The number of rotatable bonds is 7. The molecule has 3 rings (SSSR count). The summed E-state index contributed by atoms with van der Waals surface area (Å²) in [6.07, 6.45) is 2.92. The minimum absolute atomic E-state index is 0.714. The Morgan fingerprint density at radius 1 is 1.17 bits per heavy atom. The third-order valence-electron chi connectivity index (χ3n) is 3.51. The predicted molar refractivity (Wildman–Crippen MR) is 101 cm³/mol. The first-order valence-electron chi connectivity index (χ1n) is 7.48. The summed E-state index contributed by atoms with van der Waals surface area (Å²) < 4.78 is 0. The second kappa shape index (κ2) is 8.08. The highest BCUT2D eigenvalue weighted by atomic mass is 35.5. The number of benzene rings is 1.